The van der Waals surface area contributed by atoms with Gasteiger partial charge in [-0.1, -0.05) is 27.2 Å². The van der Waals surface area contributed by atoms with E-state index >= 15 is 0 Å². The van der Waals surface area contributed by atoms with Gasteiger partial charge in [0.25, 0.3) is 0 Å². The van der Waals surface area contributed by atoms with Crippen molar-refractivity contribution in [1.29, 1.82) is 0 Å². The largest absolute Gasteiger partial charge is 0.382 e. The number of methoxy groups -OCH3 is 1. The Hall–Kier alpha value is -0.120. The van der Waals surface area contributed by atoms with Gasteiger partial charge < -0.3 is 14.8 Å². The van der Waals surface area contributed by atoms with Gasteiger partial charge in [-0.3, -0.25) is 0 Å². The molecule has 1 rings (SSSR count). The molecule has 0 spiro atoms. The quantitative estimate of drug-likeness (QED) is 0.654. The van der Waals surface area contributed by atoms with E-state index in [1.165, 1.54) is 25.7 Å². The van der Waals surface area contributed by atoms with E-state index in [1.54, 1.807) is 7.11 Å². The molecule has 1 saturated carbocycles. The average Bonchev–Trinajstić information content (AvgIpc) is 2.41. The number of hydrogen-bond acceptors (Lipinski definition) is 3. The monoisotopic (exact) mass is 271 g/mol. The van der Waals surface area contributed by atoms with E-state index in [2.05, 4.69) is 26.1 Å². The van der Waals surface area contributed by atoms with Crippen molar-refractivity contribution in [2.75, 3.05) is 33.5 Å². The molecule has 1 aliphatic carbocycles. The molecular formula is C16H33NO2. The Balaban J connectivity index is 2.38. The highest BCUT2D eigenvalue weighted by Crippen LogP contribution is 2.35. The first kappa shape index (κ1) is 16.9. The van der Waals surface area contributed by atoms with Crippen LogP contribution in [0.2, 0.25) is 0 Å². The van der Waals surface area contributed by atoms with Gasteiger partial charge in [-0.2, -0.15) is 0 Å². The topological polar surface area (TPSA) is 30.5 Å². The highest BCUT2D eigenvalue weighted by Gasteiger charge is 2.29. The maximum atomic E-state index is 5.76. The van der Waals surface area contributed by atoms with Crippen LogP contribution in [0, 0.1) is 17.8 Å². The summed E-state index contributed by atoms with van der Waals surface area (Å²) in [6, 6.07) is 0.520. The summed E-state index contributed by atoms with van der Waals surface area (Å²) >= 11 is 0. The Morgan fingerprint density at radius 3 is 2.58 bits per heavy atom. The smallest absolute Gasteiger partial charge is 0.0701 e. The molecule has 0 aliphatic heterocycles. The van der Waals surface area contributed by atoms with Crippen LogP contribution in [0.5, 0.6) is 0 Å². The second kappa shape index (κ2) is 9.73. The molecule has 0 radical (unpaired) electrons. The summed E-state index contributed by atoms with van der Waals surface area (Å²) in [5, 5.41) is 3.69. The van der Waals surface area contributed by atoms with Crippen molar-refractivity contribution in [3.05, 3.63) is 0 Å². The SMILES string of the molecule is CCCNC(COCCOC)C1CCC(C)C(C)C1. The van der Waals surface area contributed by atoms with E-state index in [4.69, 9.17) is 9.47 Å². The lowest BCUT2D eigenvalue weighted by atomic mass is 9.73. The molecule has 4 unspecified atom stereocenters. The van der Waals surface area contributed by atoms with Gasteiger partial charge in [0.15, 0.2) is 0 Å². The predicted octanol–water partition coefficient (Wildman–Crippen LogP) is 3.09. The van der Waals surface area contributed by atoms with Crippen LogP contribution in [-0.4, -0.2) is 39.5 Å². The second-order valence-corrected chi connectivity index (χ2v) is 6.16. The minimum absolute atomic E-state index is 0.520. The number of nitrogens with one attached hydrogen (secondary N) is 1. The fraction of sp³-hybridized carbons (Fsp3) is 1.00. The zero-order valence-corrected chi connectivity index (χ0v) is 13.3. The second-order valence-electron chi connectivity index (χ2n) is 6.16. The Labute approximate surface area is 119 Å². The normalized spacial score (nSPS) is 29.4. The van der Waals surface area contributed by atoms with Crippen LogP contribution in [0.4, 0.5) is 0 Å². The molecule has 3 heteroatoms. The summed E-state index contributed by atoms with van der Waals surface area (Å²) in [5.41, 5.74) is 0. The van der Waals surface area contributed by atoms with Gasteiger partial charge in [0.2, 0.25) is 0 Å². The van der Waals surface area contributed by atoms with Crippen molar-refractivity contribution in [3.8, 4) is 0 Å². The van der Waals surface area contributed by atoms with Crippen molar-refractivity contribution in [2.45, 2.75) is 52.5 Å². The van der Waals surface area contributed by atoms with Crippen LogP contribution in [0.3, 0.4) is 0 Å². The molecule has 0 bridgehead atoms. The summed E-state index contributed by atoms with van der Waals surface area (Å²) in [6.45, 7) is 10.3. The molecule has 19 heavy (non-hydrogen) atoms. The molecule has 4 atom stereocenters. The molecule has 1 aliphatic rings. The van der Waals surface area contributed by atoms with Gasteiger partial charge in [0, 0.05) is 13.2 Å². The maximum absolute atomic E-state index is 5.76. The Morgan fingerprint density at radius 2 is 1.95 bits per heavy atom. The molecule has 1 N–H and O–H groups in total. The third kappa shape index (κ3) is 6.24. The first-order chi connectivity index (χ1) is 9.19. The van der Waals surface area contributed by atoms with Crippen LogP contribution >= 0.6 is 0 Å². The van der Waals surface area contributed by atoms with Gasteiger partial charge in [-0.25, -0.2) is 0 Å². The number of rotatable bonds is 9. The Kier molecular flexibility index (Phi) is 8.67. The van der Waals surface area contributed by atoms with E-state index in [1.807, 2.05) is 0 Å². The minimum atomic E-state index is 0.520. The standard InChI is InChI=1S/C16H33NO2/c1-5-8-17-16(12-19-10-9-18-4)15-7-6-13(2)14(3)11-15/h13-17H,5-12H2,1-4H3. The van der Waals surface area contributed by atoms with Gasteiger partial charge in [0.1, 0.15) is 0 Å². The van der Waals surface area contributed by atoms with Gasteiger partial charge in [-0.05, 0) is 43.6 Å². The zero-order chi connectivity index (χ0) is 14.1. The third-order valence-electron chi connectivity index (χ3n) is 4.59. The zero-order valence-electron chi connectivity index (χ0n) is 13.3. The fourth-order valence-electron chi connectivity index (χ4n) is 3.00. The van der Waals surface area contributed by atoms with E-state index in [-0.39, 0.29) is 0 Å². The van der Waals surface area contributed by atoms with E-state index in [0.717, 1.165) is 30.9 Å². The lowest BCUT2D eigenvalue weighted by Crippen LogP contribution is -2.43. The van der Waals surface area contributed by atoms with Crippen molar-refractivity contribution in [3.63, 3.8) is 0 Å². The minimum Gasteiger partial charge on any atom is -0.382 e. The van der Waals surface area contributed by atoms with Gasteiger partial charge in [-0.15, -0.1) is 0 Å². The van der Waals surface area contributed by atoms with E-state index < -0.39 is 0 Å². The molecular weight excluding hydrogens is 238 g/mol. The molecule has 1 fully saturated rings. The molecule has 0 saturated heterocycles. The van der Waals surface area contributed by atoms with Gasteiger partial charge >= 0.3 is 0 Å². The van der Waals surface area contributed by atoms with Crippen LogP contribution in [0.15, 0.2) is 0 Å². The Bertz CT molecular complexity index is 223. The van der Waals surface area contributed by atoms with Crippen molar-refractivity contribution < 1.29 is 9.47 Å². The molecule has 0 aromatic rings. The highest BCUT2D eigenvalue weighted by molar-refractivity contribution is 4.83. The van der Waals surface area contributed by atoms with Crippen LogP contribution in [-0.2, 0) is 9.47 Å². The fourth-order valence-corrected chi connectivity index (χ4v) is 3.00. The molecule has 0 aromatic heterocycles. The molecule has 0 heterocycles. The first-order valence-corrected chi connectivity index (χ1v) is 7.99. The molecule has 0 amide bonds. The highest BCUT2D eigenvalue weighted by atomic mass is 16.5. The molecule has 0 aromatic carbocycles. The molecule has 114 valence electrons. The van der Waals surface area contributed by atoms with Crippen LogP contribution in [0.1, 0.15) is 46.5 Å². The lowest BCUT2D eigenvalue weighted by Gasteiger charge is -2.37. The maximum Gasteiger partial charge on any atom is 0.0701 e. The summed E-state index contributed by atoms with van der Waals surface area (Å²) in [4.78, 5) is 0. The van der Waals surface area contributed by atoms with Crippen molar-refractivity contribution in [1.82, 2.24) is 5.32 Å². The third-order valence-corrected chi connectivity index (χ3v) is 4.59. The number of hydrogen-bond donors (Lipinski definition) is 1. The van der Waals surface area contributed by atoms with Crippen molar-refractivity contribution in [2.24, 2.45) is 17.8 Å². The summed E-state index contributed by atoms with van der Waals surface area (Å²) < 4.78 is 10.8. The lowest BCUT2D eigenvalue weighted by molar-refractivity contribution is 0.0387. The van der Waals surface area contributed by atoms with Crippen LogP contribution in [0.25, 0.3) is 0 Å². The van der Waals surface area contributed by atoms with E-state index in [0.29, 0.717) is 19.3 Å². The molecule has 3 nitrogen and oxygen atoms in total. The Morgan fingerprint density at radius 1 is 1.16 bits per heavy atom. The van der Waals surface area contributed by atoms with E-state index in [9.17, 15) is 0 Å². The van der Waals surface area contributed by atoms with Gasteiger partial charge in [0.05, 0.1) is 19.8 Å². The summed E-state index contributed by atoms with van der Waals surface area (Å²) in [5.74, 6) is 2.52. The number of ether oxygens (including phenoxy) is 2. The average molecular weight is 271 g/mol. The summed E-state index contributed by atoms with van der Waals surface area (Å²) in [6.07, 6.45) is 5.25. The first-order valence-electron chi connectivity index (χ1n) is 7.99. The van der Waals surface area contributed by atoms with Crippen LogP contribution < -0.4 is 5.32 Å². The predicted molar refractivity (Wildman–Crippen MR) is 80.4 cm³/mol. The van der Waals surface area contributed by atoms with Crippen molar-refractivity contribution >= 4 is 0 Å². The summed E-state index contributed by atoms with van der Waals surface area (Å²) in [7, 11) is 1.72.